The fourth-order valence-corrected chi connectivity index (χ4v) is 2.39. The number of carbonyl (C=O) groups excluding carboxylic acids is 1. The molecule has 0 aliphatic heterocycles. The van der Waals surface area contributed by atoms with Crippen LogP contribution in [0.3, 0.4) is 0 Å². The maximum Gasteiger partial charge on any atom is 0.305 e. The second kappa shape index (κ2) is 12.2. The van der Waals surface area contributed by atoms with Crippen LogP contribution < -0.4 is 5.32 Å². The molecule has 0 aromatic rings. The fraction of sp³-hybridized carbons (Fsp3) is 0.923. The monoisotopic (exact) mass is 261 g/mol. The Balaban J connectivity index is 3.30. The van der Waals surface area contributed by atoms with Gasteiger partial charge < -0.3 is 10.1 Å². The van der Waals surface area contributed by atoms with Crippen molar-refractivity contribution in [1.29, 1.82) is 0 Å². The summed E-state index contributed by atoms with van der Waals surface area (Å²) >= 11 is 1.89. The van der Waals surface area contributed by atoms with Gasteiger partial charge in [-0.15, -0.1) is 0 Å². The second-order valence-corrected chi connectivity index (χ2v) is 5.04. The first-order chi connectivity index (χ1) is 8.24. The Labute approximate surface area is 110 Å². The molecule has 1 unspecified atom stereocenters. The molecule has 0 saturated heterocycles. The number of esters is 1. The van der Waals surface area contributed by atoms with Crippen LogP contribution in [-0.2, 0) is 9.53 Å². The Morgan fingerprint density at radius 3 is 2.65 bits per heavy atom. The quantitative estimate of drug-likeness (QED) is 0.458. The van der Waals surface area contributed by atoms with Crippen molar-refractivity contribution in [3.8, 4) is 0 Å². The van der Waals surface area contributed by atoms with E-state index in [1.807, 2.05) is 18.7 Å². The van der Waals surface area contributed by atoms with Gasteiger partial charge in [0.25, 0.3) is 0 Å². The predicted octanol–water partition coefficient (Wildman–Crippen LogP) is 2.84. The van der Waals surface area contributed by atoms with Crippen molar-refractivity contribution in [2.75, 3.05) is 25.2 Å². The minimum atomic E-state index is -0.0609. The molecule has 0 bridgehead atoms. The van der Waals surface area contributed by atoms with E-state index in [9.17, 15) is 4.79 Å². The van der Waals surface area contributed by atoms with Crippen molar-refractivity contribution in [3.63, 3.8) is 0 Å². The number of ether oxygens (including phenoxy) is 1. The highest BCUT2D eigenvalue weighted by atomic mass is 32.2. The Morgan fingerprint density at radius 2 is 2.06 bits per heavy atom. The molecule has 0 aliphatic carbocycles. The van der Waals surface area contributed by atoms with E-state index in [2.05, 4.69) is 18.5 Å². The van der Waals surface area contributed by atoms with Gasteiger partial charge in [-0.2, -0.15) is 11.8 Å². The number of carbonyl (C=O) groups is 1. The summed E-state index contributed by atoms with van der Waals surface area (Å²) in [4.78, 5) is 11.1. The average Bonchev–Trinajstić information content (AvgIpc) is 2.32. The molecule has 1 N–H and O–H groups in total. The molecule has 4 heteroatoms. The van der Waals surface area contributed by atoms with Crippen molar-refractivity contribution < 1.29 is 9.53 Å². The fourth-order valence-electron chi connectivity index (χ4n) is 1.63. The second-order valence-electron chi connectivity index (χ2n) is 4.13. The molecule has 102 valence electrons. The number of hydrogen-bond acceptors (Lipinski definition) is 4. The van der Waals surface area contributed by atoms with Crippen LogP contribution >= 0.6 is 11.8 Å². The molecule has 17 heavy (non-hydrogen) atoms. The standard InChI is InChI=1S/C13H27NO2S/c1-4-12(11-17-3)14-10-8-6-7-9-13(15)16-5-2/h12,14H,4-11H2,1-3H3. The number of unbranched alkanes of at least 4 members (excludes halogenated alkanes) is 2. The average molecular weight is 261 g/mol. The lowest BCUT2D eigenvalue weighted by atomic mass is 10.2. The van der Waals surface area contributed by atoms with Crippen LogP contribution in [0.4, 0.5) is 0 Å². The minimum absolute atomic E-state index is 0.0609. The Morgan fingerprint density at radius 1 is 1.29 bits per heavy atom. The summed E-state index contributed by atoms with van der Waals surface area (Å²) in [7, 11) is 0. The normalized spacial score (nSPS) is 12.4. The van der Waals surface area contributed by atoms with E-state index < -0.39 is 0 Å². The number of nitrogens with one attached hydrogen (secondary N) is 1. The van der Waals surface area contributed by atoms with Crippen LogP contribution in [-0.4, -0.2) is 37.2 Å². The van der Waals surface area contributed by atoms with Gasteiger partial charge in [-0.3, -0.25) is 4.79 Å². The zero-order valence-electron chi connectivity index (χ0n) is 11.5. The molecule has 0 fully saturated rings. The molecule has 0 heterocycles. The lowest BCUT2D eigenvalue weighted by Crippen LogP contribution is -2.31. The van der Waals surface area contributed by atoms with Crippen molar-refractivity contribution in [3.05, 3.63) is 0 Å². The third kappa shape index (κ3) is 10.6. The molecule has 3 nitrogen and oxygen atoms in total. The first kappa shape index (κ1) is 16.8. The van der Waals surface area contributed by atoms with Gasteiger partial charge in [0, 0.05) is 18.2 Å². The molecule has 0 amide bonds. The highest BCUT2D eigenvalue weighted by Crippen LogP contribution is 2.03. The van der Waals surface area contributed by atoms with Gasteiger partial charge in [-0.05, 0) is 39.0 Å². The van der Waals surface area contributed by atoms with Gasteiger partial charge in [-0.1, -0.05) is 13.3 Å². The van der Waals surface area contributed by atoms with Crippen molar-refractivity contribution in [1.82, 2.24) is 5.32 Å². The first-order valence-corrected chi connectivity index (χ1v) is 8.01. The largest absolute Gasteiger partial charge is 0.466 e. The van der Waals surface area contributed by atoms with Crippen LogP contribution in [0, 0.1) is 0 Å². The van der Waals surface area contributed by atoms with Crippen molar-refractivity contribution in [2.24, 2.45) is 0 Å². The van der Waals surface area contributed by atoms with E-state index >= 15 is 0 Å². The van der Waals surface area contributed by atoms with Crippen molar-refractivity contribution >= 4 is 17.7 Å². The lowest BCUT2D eigenvalue weighted by Gasteiger charge is -2.15. The summed E-state index contributed by atoms with van der Waals surface area (Å²) in [6.45, 7) is 5.61. The zero-order chi connectivity index (χ0) is 12.9. The van der Waals surface area contributed by atoms with Crippen LogP contribution in [0.15, 0.2) is 0 Å². The third-order valence-corrected chi connectivity index (χ3v) is 3.39. The summed E-state index contributed by atoms with van der Waals surface area (Å²) < 4.78 is 4.88. The van der Waals surface area contributed by atoms with Crippen LogP contribution in [0.1, 0.15) is 46.0 Å². The highest BCUT2D eigenvalue weighted by Gasteiger charge is 2.04. The van der Waals surface area contributed by atoms with Gasteiger partial charge in [0.15, 0.2) is 0 Å². The van der Waals surface area contributed by atoms with E-state index in [0.29, 0.717) is 19.1 Å². The molecular weight excluding hydrogens is 234 g/mol. The van der Waals surface area contributed by atoms with E-state index in [1.54, 1.807) is 0 Å². The SMILES string of the molecule is CCOC(=O)CCCCCNC(CC)CSC. The molecular formula is C13H27NO2S. The van der Waals surface area contributed by atoms with Gasteiger partial charge in [0.05, 0.1) is 6.61 Å². The maximum absolute atomic E-state index is 11.1. The van der Waals surface area contributed by atoms with Crippen LogP contribution in [0.25, 0.3) is 0 Å². The highest BCUT2D eigenvalue weighted by molar-refractivity contribution is 7.98. The van der Waals surface area contributed by atoms with Crippen LogP contribution in [0.2, 0.25) is 0 Å². The molecule has 0 spiro atoms. The van der Waals surface area contributed by atoms with E-state index in [0.717, 1.165) is 25.8 Å². The van der Waals surface area contributed by atoms with Crippen LogP contribution in [0.5, 0.6) is 0 Å². The van der Waals surface area contributed by atoms with E-state index in [-0.39, 0.29) is 5.97 Å². The Bertz CT molecular complexity index is 188. The molecule has 0 aromatic carbocycles. The van der Waals surface area contributed by atoms with Crippen molar-refractivity contribution in [2.45, 2.75) is 52.0 Å². The summed E-state index contributed by atoms with van der Waals surface area (Å²) in [5, 5.41) is 3.55. The summed E-state index contributed by atoms with van der Waals surface area (Å²) in [6.07, 6.45) is 7.08. The Kier molecular flexibility index (Phi) is 12.1. The molecule has 0 radical (unpaired) electrons. The third-order valence-electron chi connectivity index (χ3n) is 2.66. The van der Waals surface area contributed by atoms with Gasteiger partial charge in [0.2, 0.25) is 0 Å². The number of hydrogen-bond donors (Lipinski definition) is 1. The van der Waals surface area contributed by atoms with E-state index in [1.165, 1.54) is 12.2 Å². The first-order valence-electron chi connectivity index (χ1n) is 6.62. The summed E-state index contributed by atoms with van der Waals surface area (Å²) in [5.74, 6) is 1.12. The summed E-state index contributed by atoms with van der Waals surface area (Å²) in [6, 6.07) is 0.634. The molecule has 0 saturated carbocycles. The molecule has 1 atom stereocenters. The lowest BCUT2D eigenvalue weighted by molar-refractivity contribution is -0.143. The van der Waals surface area contributed by atoms with Gasteiger partial charge in [0.1, 0.15) is 0 Å². The molecule has 0 rings (SSSR count). The zero-order valence-corrected chi connectivity index (χ0v) is 12.3. The molecule has 0 aliphatic rings. The topological polar surface area (TPSA) is 38.3 Å². The maximum atomic E-state index is 11.1. The minimum Gasteiger partial charge on any atom is -0.466 e. The number of rotatable bonds is 11. The molecule has 0 aromatic heterocycles. The number of thioether (sulfide) groups is 1. The predicted molar refractivity (Wildman–Crippen MR) is 75.6 cm³/mol. The smallest absolute Gasteiger partial charge is 0.305 e. The van der Waals surface area contributed by atoms with E-state index in [4.69, 9.17) is 4.74 Å². The summed E-state index contributed by atoms with van der Waals surface area (Å²) in [5.41, 5.74) is 0. The Hall–Kier alpha value is -0.220. The van der Waals surface area contributed by atoms with Gasteiger partial charge >= 0.3 is 5.97 Å². The van der Waals surface area contributed by atoms with Gasteiger partial charge in [-0.25, -0.2) is 0 Å².